The molecule has 47 heavy (non-hydrogen) atoms. The van der Waals surface area contributed by atoms with Crippen molar-refractivity contribution in [2.45, 2.75) is 52.4 Å². The van der Waals surface area contributed by atoms with E-state index in [1.54, 1.807) is 15.9 Å². The highest BCUT2D eigenvalue weighted by atomic mass is 16.6. The summed E-state index contributed by atoms with van der Waals surface area (Å²) in [6.07, 6.45) is -0.247. The zero-order valence-electron chi connectivity index (χ0n) is 28.0. The normalized spacial score (nSPS) is 15.0. The number of aryl methyl sites for hydroxylation is 2. The largest absolute Gasteiger partial charge is 0.480 e. The molecule has 1 unspecified atom stereocenters. The van der Waals surface area contributed by atoms with Crippen LogP contribution in [0, 0.1) is 0 Å². The molecule has 2 aromatic carbocycles. The molecule has 1 saturated heterocycles. The third-order valence-electron chi connectivity index (χ3n) is 8.21. The Kier molecular flexibility index (Phi) is 9.74. The van der Waals surface area contributed by atoms with E-state index < -0.39 is 29.8 Å². The molecule has 1 atom stereocenters. The van der Waals surface area contributed by atoms with Gasteiger partial charge in [-0.05, 0) is 62.6 Å². The Morgan fingerprint density at radius 2 is 1.70 bits per heavy atom. The summed E-state index contributed by atoms with van der Waals surface area (Å²) in [6, 6.07) is 18.8. The van der Waals surface area contributed by atoms with Gasteiger partial charge in [-0.3, -0.25) is 4.90 Å². The monoisotopic (exact) mass is 642 g/mol. The van der Waals surface area contributed by atoms with E-state index in [9.17, 15) is 14.4 Å². The molecule has 5 rings (SSSR count). The van der Waals surface area contributed by atoms with Crippen molar-refractivity contribution in [1.29, 1.82) is 0 Å². The number of ether oxygens (including phenoxy) is 4. The Labute approximate surface area is 275 Å². The fourth-order valence-electron chi connectivity index (χ4n) is 5.86. The maximum absolute atomic E-state index is 13.6. The number of esters is 1. The van der Waals surface area contributed by atoms with E-state index >= 15 is 0 Å². The molecule has 1 fully saturated rings. The number of carbonyl (C=O) groups is 3. The van der Waals surface area contributed by atoms with Gasteiger partial charge in [0, 0.05) is 42.3 Å². The predicted molar refractivity (Wildman–Crippen MR) is 177 cm³/mol. The van der Waals surface area contributed by atoms with Crippen molar-refractivity contribution >= 4 is 29.1 Å². The van der Waals surface area contributed by atoms with Crippen LogP contribution in [0.15, 0.2) is 60.7 Å². The van der Waals surface area contributed by atoms with Crippen LogP contribution in [0.5, 0.6) is 5.88 Å². The molecule has 11 heteroatoms. The van der Waals surface area contributed by atoms with Crippen molar-refractivity contribution in [3.63, 3.8) is 0 Å². The summed E-state index contributed by atoms with van der Waals surface area (Å²) >= 11 is 0. The van der Waals surface area contributed by atoms with Crippen LogP contribution in [0.4, 0.5) is 9.59 Å². The van der Waals surface area contributed by atoms with E-state index in [1.807, 2.05) is 93.9 Å². The molecule has 248 valence electrons. The lowest BCUT2D eigenvalue weighted by molar-refractivity contribution is 0.0000332. The lowest BCUT2D eigenvalue weighted by Crippen LogP contribution is -2.53. The van der Waals surface area contributed by atoms with Gasteiger partial charge in [-0.25, -0.2) is 19.4 Å². The summed E-state index contributed by atoms with van der Waals surface area (Å²) in [5.74, 6) is -0.328. The van der Waals surface area contributed by atoms with Gasteiger partial charge in [0.15, 0.2) is 0 Å². The highest BCUT2D eigenvalue weighted by Gasteiger charge is 2.37. The minimum atomic E-state index is -0.655. The number of fused-ring (bicyclic) bond motifs is 1. The molecule has 4 aromatic rings. The molecule has 0 radical (unpaired) electrons. The SMILES string of the molecule is CCc1cc(C(=O)OC)c(OC)nc1-c1ccc2c(c1)cc(C1CN(C(=O)OC(C)(C)C)CCN1C(=O)OCc1ccccc1)n2C. The van der Waals surface area contributed by atoms with Crippen molar-refractivity contribution in [2.24, 2.45) is 7.05 Å². The number of methoxy groups -OCH3 is 2. The molecule has 0 bridgehead atoms. The second kappa shape index (κ2) is 13.7. The van der Waals surface area contributed by atoms with Gasteiger partial charge in [0.05, 0.1) is 32.5 Å². The molecule has 0 spiro atoms. The number of hydrogen-bond acceptors (Lipinski definition) is 8. The van der Waals surface area contributed by atoms with Crippen molar-refractivity contribution in [2.75, 3.05) is 33.9 Å². The topological polar surface area (TPSA) is 112 Å². The van der Waals surface area contributed by atoms with Crippen molar-refractivity contribution < 1.29 is 33.3 Å². The van der Waals surface area contributed by atoms with E-state index in [2.05, 4.69) is 0 Å². The molecule has 2 aromatic heterocycles. The summed E-state index contributed by atoms with van der Waals surface area (Å²) in [5.41, 5.74) is 4.69. The average Bonchev–Trinajstić information content (AvgIpc) is 3.40. The Bertz CT molecular complexity index is 1780. The van der Waals surface area contributed by atoms with Crippen LogP contribution in [-0.2, 0) is 34.3 Å². The highest BCUT2D eigenvalue weighted by molar-refractivity contribution is 5.93. The average molecular weight is 643 g/mol. The molecule has 1 aliphatic rings. The molecule has 11 nitrogen and oxygen atoms in total. The van der Waals surface area contributed by atoms with Gasteiger partial charge in [-0.2, -0.15) is 0 Å². The van der Waals surface area contributed by atoms with Gasteiger partial charge >= 0.3 is 18.2 Å². The third-order valence-corrected chi connectivity index (χ3v) is 8.21. The smallest absolute Gasteiger partial charge is 0.410 e. The number of hydrogen-bond donors (Lipinski definition) is 0. The summed E-state index contributed by atoms with van der Waals surface area (Å²) < 4.78 is 23.9. The lowest BCUT2D eigenvalue weighted by Gasteiger charge is -2.41. The van der Waals surface area contributed by atoms with Crippen LogP contribution in [0.2, 0.25) is 0 Å². The van der Waals surface area contributed by atoms with Crippen molar-refractivity contribution in [3.05, 3.63) is 83.0 Å². The maximum Gasteiger partial charge on any atom is 0.410 e. The highest BCUT2D eigenvalue weighted by Crippen LogP contribution is 2.35. The van der Waals surface area contributed by atoms with Gasteiger partial charge < -0.3 is 28.4 Å². The molecule has 3 heterocycles. The standard InChI is InChI=1S/C36H42N4O7/c1-8-24-19-27(33(41)45-7)32(44-6)37-31(24)25-14-15-28-26(18-25)20-29(38(28)5)30-21-39(34(42)47-36(2,3)4)16-17-40(30)35(43)46-22-23-12-10-9-11-13-23/h9-15,18-20,30H,8,16-17,21-22H2,1-7H3. The number of pyridine rings is 1. The van der Waals surface area contributed by atoms with E-state index in [0.29, 0.717) is 18.7 Å². The Morgan fingerprint density at radius 1 is 0.957 bits per heavy atom. The summed E-state index contributed by atoms with van der Waals surface area (Å²) in [6.45, 7) is 8.46. The van der Waals surface area contributed by atoms with Gasteiger partial charge in [-0.1, -0.05) is 43.3 Å². The molecular formula is C36H42N4O7. The molecule has 1 aliphatic heterocycles. The van der Waals surface area contributed by atoms with E-state index in [1.165, 1.54) is 14.2 Å². The summed E-state index contributed by atoms with van der Waals surface area (Å²) in [4.78, 5) is 47.1. The predicted octanol–water partition coefficient (Wildman–Crippen LogP) is 6.53. The number of aromatic nitrogens is 2. The van der Waals surface area contributed by atoms with Crippen LogP contribution >= 0.6 is 0 Å². The molecule has 0 saturated carbocycles. The molecular weight excluding hydrogens is 600 g/mol. The second-order valence-corrected chi connectivity index (χ2v) is 12.5. The Balaban J connectivity index is 1.52. The fourth-order valence-corrected chi connectivity index (χ4v) is 5.86. The number of nitrogens with zero attached hydrogens (tertiary/aromatic N) is 4. The Hall–Kier alpha value is -5.06. The van der Waals surface area contributed by atoms with E-state index in [0.717, 1.165) is 33.3 Å². The lowest BCUT2D eigenvalue weighted by atomic mass is 10.0. The van der Waals surface area contributed by atoms with Gasteiger partial charge in [0.2, 0.25) is 5.88 Å². The maximum atomic E-state index is 13.6. The quantitative estimate of drug-likeness (QED) is 0.165. The third kappa shape index (κ3) is 7.19. The second-order valence-electron chi connectivity index (χ2n) is 12.5. The number of rotatable bonds is 7. The summed E-state index contributed by atoms with van der Waals surface area (Å²) in [7, 11) is 4.74. The number of amides is 2. The first-order valence-electron chi connectivity index (χ1n) is 15.6. The summed E-state index contributed by atoms with van der Waals surface area (Å²) in [5, 5.41) is 0.923. The first kappa shape index (κ1) is 33.3. The van der Waals surface area contributed by atoms with Crippen LogP contribution in [-0.4, -0.2) is 77.0 Å². The van der Waals surface area contributed by atoms with Crippen molar-refractivity contribution in [3.8, 4) is 17.1 Å². The minimum absolute atomic E-state index is 0.141. The zero-order chi connectivity index (χ0) is 33.9. The molecule has 0 N–H and O–H groups in total. The fraction of sp³-hybridized carbons (Fsp3) is 0.389. The van der Waals surface area contributed by atoms with E-state index in [-0.39, 0.29) is 31.1 Å². The van der Waals surface area contributed by atoms with Gasteiger partial charge in [-0.15, -0.1) is 0 Å². The van der Waals surface area contributed by atoms with Crippen molar-refractivity contribution in [1.82, 2.24) is 19.4 Å². The Morgan fingerprint density at radius 3 is 2.36 bits per heavy atom. The van der Waals surface area contributed by atoms with E-state index in [4.69, 9.17) is 23.9 Å². The number of benzene rings is 2. The van der Waals surface area contributed by atoms with Crippen LogP contribution in [0.25, 0.3) is 22.2 Å². The van der Waals surface area contributed by atoms with Crippen LogP contribution in [0.3, 0.4) is 0 Å². The van der Waals surface area contributed by atoms with Gasteiger partial charge in [0.25, 0.3) is 0 Å². The zero-order valence-corrected chi connectivity index (χ0v) is 28.0. The number of carbonyl (C=O) groups excluding carboxylic acids is 3. The minimum Gasteiger partial charge on any atom is -0.480 e. The first-order valence-corrected chi connectivity index (χ1v) is 15.6. The van der Waals surface area contributed by atoms with Crippen LogP contribution in [0.1, 0.15) is 60.9 Å². The molecule has 2 amide bonds. The van der Waals surface area contributed by atoms with Gasteiger partial charge in [0.1, 0.15) is 17.8 Å². The number of piperazine rings is 1. The van der Waals surface area contributed by atoms with Crippen LogP contribution < -0.4 is 4.74 Å². The molecule has 0 aliphatic carbocycles. The first-order chi connectivity index (χ1) is 22.4.